The third-order valence-corrected chi connectivity index (χ3v) is 8.12. The maximum absolute atomic E-state index is 6.34. The van der Waals surface area contributed by atoms with Crippen molar-refractivity contribution in [3.05, 3.63) is 72.7 Å². The van der Waals surface area contributed by atoms with Crippen LogP contribution in [-0.2, 0) is 6.42 Å². The first-order valence-corrected chi connectivity index (χ1v) is 14.5. The van der Waals surface area contributed by atoms with Crippen LogP contribution in [0.2, 0.25) is 0 Å². The Morgan fingerprint density at radius 3 is 1.76 bits per heavy atom. The molecule has 0 fully saturated rings. The molecule has 0 bridgehead atoms. The zero-order chi connectivity index (χ0) is 25.0. The highest BCUT2D eigenvalue weighted by molar-refractivity contribution is 6.20. The highest BCUT2D eigenvalue weighted by atomic mass is 16.3. The molecule has 0 aliphatic carbocycles. The normalized spacial score (nSPS) is 12.1. The van der Waals surface area contributed by atoms with Crippen molar-refractivity contribution in [1.82, 2.24) is 0 Å². The molecule has 6 rings (SSSR count). The molecule has 2 heteroatoms. The van der Waals surface area contributed by atoms with Gasteiger partial charge in [-0.1, -0.05) is 95.4 Å². The molecule has 0 unspecified atom stereocenters. The van der Waals surface area contributed by atoms with Crippen molar-refractivity contribution in [3.8, 4) is 0 Å². The largest absolute Gasteiger partial charge is 0.464 e. The fourth-order valence-corrected chi connectivity index (χ4v) is 6.01. The van der Waals surface area contributed by atoms with Gasteiger partial charge in [0, 0.05) is 17.2 Å². The van der Waals surface area contributed by atoms with E-state index in [0.29, 0.717) is 0 Å². The lowest BCUT2D eigenvalue weighted by atomic mass is 9.96. The van der Waals surface area contributed by atoms with Gasteiger partial charge >= 0.3 is 0 Å². The van der Waals surface area contributed by atoms with Crippen LogP contribution < -0.4 is 0 Å². The van der Waals surface area contributed by atoms with Crippen LogP contribution in [0, 0.1) is 0 Å². The van der Waals surface area contributed by atoms with Crippen molar-refractivity contribution in [1.29, 1.82) is 0 Å². The summed E-state index contributed by atoms with van der Waals surface area (Å²) in [7, 11) is 0. The molecule has 0 spiro atoms. The fraction of sp³-hybridized carbons (Fsp3) is 0.371. The van der Waals surface area contributed by atoms with Gasteiger partial charge < -0.3 is 8.83 Å². The summed E-state index contributed by atoms with van der Waals surface area (Å²) in [5, 5.41) is 9.88. The van der Waals surface area contributed by atoms with Crippen molar-refractivity contribution < 1.29 is 8.83 Å². The van der Waals surface area contributed by atoms with Gasteiger partial charge in [0.2, 0.25) is 0 Å². The van der Waals surface area contributed by atoms with Crippen LogP contribution in [0.3, 0.4) is 0 Å². The van der Waals surface area contributed by atoms with Crippen LogP contribution in [0.5, 0.6) is 0 Å². The molecule has 0 radical (unpaired) electrons. The first-order valence-electron chi connectivity index (χ1n) is 14.5. The van der Waals surface area contributed by atoms with Crippen LogP contribution >= 0.6 is 0 Å². The smallest absolute Gasteiger partial charge is 0.134 e. The summed E-state index contributed by atoms with van der Waals surface area (Å²) < 4.78 is 12.0. The summed E-state index contributed by atoms with van der Waals surface area (Å²) in [6.45, 7) is 2.29. The number of fused-ring (bicyclic) bond motifs is 7. The van der Waals surface area contributed by atoms with Crippen molar-refractivity contribution in [3.63, 3.8) is 0 Å². The van der Waals surface area contributed by atoms with Crippen molar-refractivity contribution in [2.24, 2.45) is 0 Å². The average Bonchev–Trinajstić information content (AvgIpc) is 3.54. The summed E-state index contributed by atoms with van der Waals surface area (Å²) in [5.41, 5.74) is 1.94. The monoisotopic (exact) mass is 490 g/mol. The molecule has 2 nitrogen and oxygen atoms in total. The van der Waals surface area contributed by atoms with Gasteiger partial charge in [0.05, 0.1) is 6.26 Å². The van der Waals surface area contributed by atoms with E-state index in [0.717, 1.165) is 28.7 Å². The van der Waals surface area contributed by atoms with Crippen molar-refractivity contribution in [2.45, 2.75) is 84.0 Å². The Hall–Kier alpha value is -3.26. The highest BCUT2D eigenvalue weighted by Gasteiger charge is 2.11. The van der Waals surface area contributed by atoms with E-state index in [1.807, 2.05) is 6.07 Å². The first-order chi connectivity index (χ1) is 18.3. The second kappa shape index (κ2) is 11.0. The van der Waals surface area contributed by atoms with Gasteiger partial charge in [0.15, 0.2) is 0 Å². The minimum absolute atomic E-state index is 0.939. The molecule has 0 N–H and O–H groups in total. The maximum Gasteiger partial charge on any atom is 0.134 e. The third-order valence-electron chi connectivity index (χ3n) is 8.12. The van der Waals surface area contributed by atoms with Gasteiger partial charge in [-0.15, -0.1) is 0 Å². The van der Waals surface area contributed by atoms with Gasteiger partial charge in [-0.05, 0) is 75.1 Å². The van der Waals surface area contributed by atoms with Gasteiger partial charge in [-0.25, -0.2) is 0 Å². The highest BCUT2D eigenvalue weighted by Crippen LogP contribution is 2.36. The number of benzene rings is 4. The molecule has 0 aliphatic rings. The predicted octanol–water partition coefficient (Wildman–Crippen LogP) is 11.5. The molecule has 190 valence electrons. The number of furan rings is 2. The summed E-state index contributed by atoms with van der Waals surface area (Å²) >= 11 is 0. The average molecular weight is 491 g/mol. The van der Waals surface area contributed by atoms with E-state index in [1.54, 1.807) is 6.26 Å². The summed E-state index contributed by atoms with van der Waals surface area (Å²) in [6.07, 6.45) is 17.9. The predicted molar refractivity (Wildman–Crippen MR) is 159 cm³/mol. The lowest BCUT2D eigenvalue weighted by molar-refractivity contribution is 0.515. The molecule has 2 aromatic heterocycles. The molecule has 0 saturated heterocycles. The Bertz CT molecular complexity index is 1650. The lowest BCUT2D eigenvalue weighted by Gasteiger charge is -2.08. The molecular weight excluding hydrogens is 452 g/mol. The van der Waals surface area contributed by atoms with Gasteiger partial charge in [-0.2, -0.15) is 0 Å². The molecule has 6 aromatic rings. The van der Waals surface area contributed by atoms with E-state index in [9.17, 15) is 0 Å². The van der Waals surface area contributed by atoms with E-state index in [-0.39, 0.29) is 0 Å². The van der Waals surface area contributed by atoms with Gasteiger partial charge in [0.1, 0.15) is 16.9 Å². The summed E-state index contributed by atoms with van der Waals surface area (Å²) in [4.78, 5) is 0. The molecule has 0 atom stereocenters. The molecule has 4 aromatic carbocycles. The summed E-state index contributed by atoms with van der Waals surface area (Å²) in [6, 6.07) is 22.2. The van der Waals surface area contributed by atoms with E-state index in [1.165, 1.54) is 108 Å². The lowest BCUT2D eigenvalue weighted by Crippen LogP contribution is -1.84. The van der Waals surface area contributed by atoms with Crippen LogP contribution in [0.15, 0.2) is 75.8 Å². The quantitative estimate of drug-likeness (QED) is 0.126. The van der Waals surface area contributed by atoms with E-state index < -0.39 is 0 Å². The topological polar surface area (TPSA) is 26.3 Å². The summed E-state index contributed by atoms with van der Waals surface area (Å²) in [5.74, 6) is 1.12. The minimum Gasteiger partial charge on any atom is -0.464 e. The fourth-order valence-electron chi connectivity index (χ4n) is 6.01. The molecule has 0 aliphatic heterocycles. The SMILES string of the molecule is CCCCCCCCCCCCCc1cc2cc3ccc4c5cc6occc6cc5ccc4c3cc2o1. The van der Waals surface area contributed by atoms with E-state index in [4.69, 9.17) is 8.83 Å². The molecule has 0 saturated carbocycles. The van der Waals surface area contributed by atoms with E-state index >= 15 is 0 Å². The van der Waals surface area contributed by atoms with Gasteiger partial charge in [0.25, 0.3) is 0 Å². The van der Waals surface area contributed by atoms with Crippen LogP contribution in [0.25, 0.3) is 54.3 Å². The van der Waals surface area contributed by atoms with Crippen LogP contribution in [-0.4, -0.2) is 0 Å². The number of unbranched alkanes of at least 4 members (excludes halogenated alkanes) is 10. The molecule has 37 heavy (non-hydrogen) atoms. The molecule has 0 amide bonds. The Morgan fingerprint density at radius 1 is 0.486 bits per heavy atom. The van der Waals surface area contributed by atoms with Crippen molar-refractivity contribution in [2.75, 3.05) is 0 Å². The number of hydrogen-bond acceptors (Lipinski definition) is 2. The number of rotatable bonds is 12. The van der Waals surface area contributed by atoms with E-state index in [2.05, 4.69) is 61.5 Å². The molecule has 2 heterocycles. The van der Waals surface area contributed by atoms with Crippen molar-refractivity contribution >= 4 is 54.3 Å². The second-order valence-corrected chi connectivity index (χ2v) is 10.9. The number of aryl methyl sites for hydroxylation is 1. The van der Waals surface area contributed by atoms with Crippen LogP contribution in [0.1, 0.15) is 83.3 Å². The third kappa shape index (κ3) is 5.12. The minimum atomic E-state index is 0.939. The number of hydrogen-bond donors (Lipinski definition) is 0. The zero-order valence-electron chi connectivity index (χ0n) is 22.2. The Kier molecular flexibility index (Phi) is 7.17. The Morgan fingerprint density at radius 2 is 1.08 bits per heavy atom. The van der Waals surface area contributed by atoms with Gasteiger partial charge in [-0.3, -0.25) is 0 Å². The standard InChI is InChI=1S/C35H38O2/c1-2-3-4-5-6-7-8-9-10-11-12-13-29-22-28-21-26-15-17-30-31(33(26)24-35(28)37-29)16-14-25-20-27-18-19-36-34(27)23-32(25)30/h14-24H,2-13H2,1H3. The zero-order valence-corrected chi connectivity index (χ0v) is 22.2. The first kappa shape index (κ1) is 24.1. The Balaban J connectivity index is 1.13. The molecular formula is C35H38O2. The van der Waals surface area contributed by atoms with Crippen LogP contribution in [0.4, 0.5) is 0 Å². The maximum atomic E-state index is 6.34. The Labute approximate surface area is 219 Å². The second-order valence-electron chi connectivity index (χ2n) is 10.9.